The van der Waals surface area contributed by atoms with Crippen LogP contribution in [0.3, 0.4) is 0 Å². The Kier molecular flexibility index (Phi) is 5.02. The molecule has 0 aliphatic carbocycles. The number of aliphatic hydroxyl groups is 1. The van der Waals surface area contributed by atoms with Crippen molar-refractivity contribution in [1.82, 2.24) is 9.80 Å². The highest BCUT2D eigenvalue weighted by molar-refractivity contribution is 5.86. The summed E-state index contributed by atoms with van der Waals surface area (Å²) in [6.45, 7) is -0.110. The molecule has 4 nitrogen and oxygen atoms in total. The van der Waals surface area contributed by atoms with E-state index in [0.29, 0.717) is 11.1 Å². The first-order valence-electron chi connectivity index (χ1n) is 8.24. The zero-order chi connectivity index (χ0) is 18.8. The summed E-state index contributed by atoms with van der Waals surface area (Å²) in [7, 11) is 0. The molecule has 1 N–H and O–H groups in total. The molecule has 1 unspecified atom stereocenters. The lowest BCUT2D eigenvalue weighted by molar-refractivity contribution is -0.313. The largest absolute Gasteiger partial charge is 0.441 e. The van der Waals surface area contributed by atoms with Gasteiger partial charge in [0.2, 0.25) is 0 Å². The van der Waals surface area contributed by atoms with E-state index in [2.05, 4.69) is 0 Å². The minimum atomic E-state index is -5.10. The molecule has 2 aromatic carbocycles. The van der Waals surface area contributed by atoms with E-state index in [1.165, 1.54) is 0 Å². The number of benzene rings is 2. The highest BCUT2D eigenvalue weighted by Crippen LogP contribution is 2.38. The Morgan fingerprint density at radius 1 is 0.885 bits per heavy atom. The summed E-state index contributed by atoms with van der Waals surface area (Å²) in [6, 6.07) is 17.2. The predicted molar refractivity (Wildman–Crippen MR) is 89.7 cm³/mol. The molecule has 138 valence electrons. The first-order valence-corrected chi connectivity index (χ1v) is 8.24. The van der Waals surface area contributed by atoms with Crippen LogP contribution < -0.4 is 0 Å². The van der Waals surface area contributed by atoms with Crippen molar-refractivity contribution in [3.8, 4) is 0 Å². The van der Waals surface area contributed by atoms with Crippen LogP contribution in [0.1, 0.15) is 11.1 Å². The molecule has 1 aliphatic rings. The van der Waals surface area contributed by atoms with E-state index in [4.69, 9.17) is 0 Å². The molecule has 26 heavy (non-hydrogen) atoms. The molecule has 3 rings (SSSR count). The van der Waals surface area contributed by atoms with Gasteiger partial charge in [-0.25, -0.2) is 0 Å². The summed E-state index contributed by atoms with van der Waals surface area (Å²) in [5, 5.41) is 10.5. The SMILES string of the molecule is O=C1N(Cc2ccccc2)CCN(Cc2ccccc2)C1(O)C(F)(F)F. The number of carbonyl (C=O) groups is 1. The fourth-order valence-corrected chi connectivity index (χ4v) is 3.11. The number of piperazine rings is 1. The smallest absolute Gasteiger partial charge is 0.360 e. The maximum atomic E-state index is 13.7. The Bertz CT molecular complexity index is 752. The van der Waals surface area contributed by atoms with Crippen molar-refractivity contribution in [2.24, 2.45) is 0 Å². The molecule has 1 fully saturated rings. The lowest BCUT2D eigenvalue weighted by atomic mass is 10.0. The van der Waals surface area contributed by atoms with Crippen LogP contribution in [0.15, 0.2) is 60.7 Å². The molecule has 1 heterocycles. The van der Waals surface area contributed by atoms with E-state index < -0.39 is 17.8 Å². The van der Waals surface area contributed by atoms with Crippen molar-refractivity contribution < 1.29 is 23.1 Å². The number of halogens is 3. The zero-order valence-corrected chi connectivity index (χ0v) is 14.0. The standard InChI is InChI=1S/C19H19F3N2O2/c20-19(21,22)18(26)17(25)23(13-15-7-3-1-4-8-15)11-12-24(18)14-16-9-5-2-6-10-16/h1-10,26H,11-14H2. The van der Waals surface area contributed by atoms with Crippen LogP contribution in [0, 0.1) is 0 Å². The molecule has 1 aliphatic heterocycles. The van der Waals surface area contributed by atoms with Crippen molar-refractivity contribution in [1.29, 1.82) is 0 Å². The van der Waals surface area contributed by atoms with Crippen LogP contribution in [0.2, 0.25) is 0 Å². The topological polar surface area (TPSA) is 43.8 Å². The molecule has 0 saturated carbocycles. The number of hydrogen-bond acceptors (Lipinski definition) is 3. The fraction of sp³-hybridized carbons (Fsp3) is 0.316. The monoisotopic (exact) mass is 364 g/mol. The van der Waals surface area contributed by atoms with E-state index in [-0.39, 0.29) is 26.2 Å². The van der Waals surface area contributed by atoms with Crippen molar-refractivity contribution in [2.45, 2.75) is 25.0 Å². The molecule has 2 aromatic rings. The third-order valence-electron chi connectivity index (χ3n) is 4.51. The molecule has 0 bridgehead atoms. The molecule has 1 saturated heterocycles. The molecule has 1 amide bonds. The summed E-state index contributed by atoms with van der Waals surface area (Å²) in [5.74, 6) is -1.34. The second kappa shape index (κ2) is 7.09. The van der Waals surface area contributed by atoms with Gasteiger partial charge in [0.15, 0.2) is 0 Å². The van der Waals surface area contributed by atoms with Crippen molar-refractivity contribution in [3.63, 3.8) is 0 Å². The lowest BCUT2D eigenvalue weighted by Crippen LogP contribution is -2.71. The van der Waals surface area contributed by atoms with E-state index >= 15 is 0 Å². The highest BCUT2D eigenvalue weighted by atomic mass is 19.4. The van der Waals surface area contributed by atoms with Gasteiger partial charge in [-0.05, 0) is 11.1 Å². The fourth-order valence-electron chi connectivity index (χ4n) is 3.11. The highest BCUT2D eigenvalue weighted by Gasteiger charge is 2.66. The number of carbonyl (C=O) groups excluding carboxylic acids is 1. The van der Waals surface area contributed by atoms with Gasteiger partial charge in [-0.3, -0.25) is 9.69 Å². The van der Waals surface area contributed by atoms with Crippen LogP contribution >= 0.6 is 0 Å². The van der Waals surface area contributed by atoms with Gasteiger partial charge >= 0.3 is 6.18 Å². The van der Waals surface area contributed by atoms with Crippen molar-refractivity contribution in [3.05, 3.63) is 71.8 Å². The van der Waals surface area contributed by atoms with E-state index in [1.54, 1.807) is 60.7 Å². The van der Waals surface area contributed by atoms with Gasteiger partial charge in [-0.1, -0.05) is 60.7 Å². The Hall–Kier alpha value is -2.38. The third kappa shape index (κ3) is 3.45. The quantitative estimate of drug-likeness (QED) is 0.907. The average Bonchev–Trinajstić information content (AvgIpc) is 2.62. The van der Waals surface area contributed by atoms with Crippen LogP contribution in [0.4, 0.5) is 13.2 Å². The van der Waals surface area contributed by atoms with Gasteiger partial charge in [0.25, 0.3) is 11.6 Å². The summed E-state index contributed by atoms with van der Waals surface area (Å²) in [4.78, 5) is 14.5. The molecule has 7 heteroatoms. The summed E-state index contributed by atoms with van der Waals surface area (Å²) >= 11 is 0. The molecule has 0 aromatic heterocycles. The molecular weight excluding hydrogens is 345 g/mol. The minimum Gasteiger partial charge on any atom is -0.360 e. The average molecular weight is 364 g/mol. The maximum Gasteiger partial charge on any atom is 0.441 e. The Balaban J connectivity index is 1.86. The minimum absolute atomic E-state index is 0.0250. The first kappa shape index (κ1) is 18.4. The normalized spacial score (nSPS) is 21.8. The van der Waals surface area contributed by atoms with Crippen LogP contribution in [0.25, 0.3) is 0 Å². The van der Waals surface area contributed by atoms with Gasteiger partial charge in [-0.15, -0.1) is 0 Å². The predicted octanol–water partition coefficient (Wildman–Crippen LogP) is 2.78. The zero-order valence-electron chi connectivity index (χ0n) is 14.0. The van der Waals surface area contributed by atoms with E-state index in [9.17, 15) is 23.1 Å². The Morgan fingerprint density at radius 2 is 1.38 bits per heavy atom. The molecule has 0 radical (unpaired) electrons. The summed E-state index contributed by atoms with van der Waals surface area (Å²) in [5.41, 5.74) is -2.23. The van der Waals surface area contributed by atoms with Crippen molar-refractivity contribution in [2.75, 3.05) is 13.1 Å². The Morgan fingerprint density at radius 3 is 1.88 bits per heavy atom. The van der Waals surface area contributed by atoms with Gasteiger partial charge in [0, 0.05) is 26.2 Å². The summed E-state index contributed by atoms with van der Waals surface area (Å²) in [6.07, 6.45) is -5.10. The number of hydrogen-bond donors (Lipinski definition) is 1. The molecule has 0 spiro atoms. The number of rotatable bonds is 4. The van der Waals surface area contributed by atoms with E-state index in [1.807, 2.05) is 0 Å². The van der Waals surface area contributed by atoms with Gasteiger partial charge in [0.1, 0.15) is 0 Å². The summed E-state index contributed by atoms with van der Waals surface area (Å²) < 4.78 is 41.1. The van der Waals surface area contributed by atoms with E-state index in [0.717, 1.165) is 9.80 Å². The van der Waals surface area contributed by atoms with Gasteiger partial charge in [0.05, 0.1) is 0 Å². The third-order valence-corrected chi connectivity index (χ3v) is 4.51. The number of alkyl halides is 3. The number of nitrogens with zero attached hydrogens (tertiary/aromatic N) is 2. The maximum absolute atomic E-state index is 13.7. The lowest BCUT2D eigenvalue weighted by Gasteiger charge is -2.46. The van der Waals surface area contributed by atoms with Crippen LogP contribution in [0.5, 0.6) is 0 Å². The second-order valence-corrected chi connectivity index (χ2v) is 6.29. The van der Waals surface area contributed by atoms with Gasteiger partial charge in [-0.2, -0.15) is 13.2 Å². The number of amides is 1. The van der Waals surface area contributed by atoms with Gasteiger partial charge < -0.3 is 10.0 Å². The van der Waals surface area contributed by atoms with Crippen LogP contribution in [-0.2, 0) is 17.9 Å². The first-order chi connectivity index (χ1) is 12.3. The van der Waals surface area contributed by atoms with Crippen molar-refractivity contribution >= 4 is 5.91 Å². The molecular formula is C19H19F3N2O2. The Labute approximate surface area is 149 Å². The van der Waals surface area contributed by atoms with Crippen LogP contribution in [-0.4, -0.2) is 45.8 Å². The second-order valence-electron chi connectivity index (χ2n) is 6.29. The molecule has 1 atom stereocenters.